The van der Waals surface area contributed by atoms with Gasteiger partial charge in [-0.3, -0.25) is 4.79 Å². The standard InChI is InChI=1S/C11H11F2NO3/c1-3-10(15)14-7-4-5-8(16-2)9(6-7)17-11(12)13/h3-6,11H,1H2,2H3,(H,14,15). The zero-order valence-electron chi connectivity index (χ0n) is 9.07. The summed E-state index contributed by atoms with van der Waals surface area (Å²) in [5.74, 6) is -0.440. The van der Waals surface area contributed by atoms with Crippen molar-refractivity contribution in [2.75, 3.05) is 12.4 Å². The Morgan fingerprint density at radius 1 is 1.47 bits per heavy atom. The van der Waals surface area contributed by atoms with E-state index in [1.54, 1.807) is 0 Å². The summed E-state index contributed by atoms with van der Waals surface area (Å²) in [5.41, 5.74) is 0.311. The third kappa shape index (κ3) is 3.75. The van der Waals surface area contributed by atoms with Crippen LogP contribution in [0.2, 0.25) is 0 Å². The monoisotopic (exact) mass is 243 g/mol. The molecule has 0 aliphatic rings. The van der Waals surface area contributed by atoms with Crippen LogP contribution in [0.5, 0.6) is 11.5 Å². The summed E-state index contributed by atoms with van der Waals surface area (Å²) < 4.78 is 33.3. The van der Waals surface area contributed by atoms with E-state index in [0.29, 0.717) is 5.69 Å². The number of alkyl halides is 2. The molecule has 0 saturated heterocycles. The maximum Gasteiger partial charge on any atom is 0.387 e. The first-order chi connectivity index (χ1) is 8.06. The van der Waals surface area contributed by atoms with Gasteiger partial charge in [0.25, 0.3) is 0 Å². The second kappa shape index (κ2) is 5.83. The Morgan fingerprint density at radius 2 is 2.18 bits per heavy atom. The molecule has 6 heteroatoms. The van der Waals surface area contributed by atoms with Crippen LogP contribution in [0.15, 0.2) is 30.9 Å². The normalized spacial score (nSPS) is 9.88. The maximum atomic E-state index is 12.1. The molecule has 92 valence electrons. The summed E-state index contributed by atoms with van der Waals surface area (Å²) in [7, 11) is 1.33. The van der Waals surface area contributed by atoms with Gasteiger partial charge in [0, 0.05) is 11.8 Å². The van der Waals surface area contributed by atoms with E-state index in [1.807, 2.05) is 0 Å². The molecule has 0 aliphatic carbocycles. The van der Waals surface area contributed by atoms with Gasteiger partial charge in [0.2, 0.25) is 5.91 Å². The number of hydrogen-bond donors (Lipinski definition) is 1. The molecule has 0 bridgehead atoms. The quantitative estimate of drug-likeness (QED) is 0.808. The van der Waals surface area contributed by atoms with Gasteiger partial charge in [-0.25, -0.2) is 0 Å². The molecule has 0 heterocycles. The molecule has 1 amide bonds. The highest BCUT2D eigenvalue weighted by atomic mass is 19.3. The summed E-state index contributed by atoms with van der Waals surface area (Å²) in [5, 5.41) is 2.42. The molecule has 1 rings (SSSR count). The Balaban J connectivity index is 2.95. The molecule has 4 nitrogen and oxygen atoms in total. The van der Waals surface area contributed by atoms with E-state index in [2.05, 4.69) is 16.6 Å². The Morgan fingerprint density at radius 3 is 2.71 bits per heavy atom. The van der Waals surface area contributed by atoms with Crippen molar-refractivity contribution in [3.8, 4) is 11.5 Å². The number of rotatable bonds is 5. The number of carbonyl (C=O) groups is 1. The minimum absolute atomic E-state index is 0.149. The molecule has 0 aromatic heterocycles. The lowest BCUT2D eigenvalue weighted by molar-refractivity contribution is -0.111. The fourth-order valence-corrected chi connectivity index (χ4v) is 1.14. The lowest BCUT2D eigenvalue weighted by Crippen LogP contribution is -2.08. The van der Waals surface area contributed by atoms with Gasteiger partial charge in [0.15, 0.2) is 11.5 Å². The van der Waals surface area contributed by atoms with Crippen molar-refractivity contribution in [2.24, 2.45) is 0 Å². The summed E-state index contributed by atoms with van der Waals surface area (Å²) >= 11 is 0. The molecule has 0 atom stereocenters. The van der Waals surface area contributed by atoms with E-state index in [-0.39, 0.29) is 11.5 Å². The van der Waals surface area contributed by atoms with Crippen molar-refractivity contribution in [1.82, 2.24) is 0 Å². The van der Waals surface area contributed by atoms with Crippen LogP contribution in [-0.2, 0) is 4.79 Å². The lowest BCUT2D eigenvalue weighted by Gasteiger charge is -2.11. The van der Waals surface area contributed by atoms with Gasteiger partial charge in [-0.2, -0.15) is 8.78 Å². The predicted octanol–water partition coefficient (Wildman–Crippen LogP) is 2.42. The highest BCUT2D eigenvalue weighted by molar-refractivity contribution is 5.99. The molecule has 0 aliphatic heterocycles. The lowest BCUT2D eigenvalue weighted by atomic mass is 10.2. The average Bonchev–Trinajstić information content (AvgIpc) is 2.28. The predicted molar refractivity (Wildman–Crippen MR) is 58.5 cm³/mol. The van der Waals surface area contributed by atoms with E-state index >= 15 is 0 Å². The topological polar surface area (TPSA) is 47.6 Å². The fraction of sp³-hybridized carbons (Fsp3) is 0.182. The number of benzene rings is 1. The minimum Gasteiger partial charge on any atom is -0.493 e. The van der Waals surface area contributed by atoms with E-state index in [1.165, 1.54) is 25.3 Å². The molecule has 1 aromatic carbocycles. The zero-order valence-corrected chi connectivity index (χ0v) is 9.07. The van der Waals surface area contributed by atoms with Crippen LogP contribution in [0, 0.1) is 0 Å². The smallest absolute Gasteiger partial charge is 0.387 e. The van der Waals surface area contributed by atoms with Gasteiger partial charge in [-0.15, -0.1) is 0 Å². The Hall–Kier alpha value is -2.11. The van der Waals surface area contributed by atoms with Crippen molar-refractivity contribution in [2.45, 2.75) is 6.61 Å². The van der Waals surface area contributed by atoms with Crippen LogP contribution in [0.1, 0.15) is 0 Å². The molecular formula is C11H11F2NO3. The second-order valence-electron chi connectivity index (χ2n) is 2.94. The molecule has 1 aromatic rings. The molecule has 0 radical (unpaired) electrons. The van der Waals surface area contributed by atoms with E-state index in [9.17, 15) is 13.6 Å². The van der Waals surface area contributed by atoms with Crippen LogP contribution in [0.4, 0.5) is 14.5 Å². The molecule has 0 unspecified atom stereocenters. The van der Waals surface area contributed by atoms with Crippen LogP contribution in [0.3, 0.4) is 0 Å². The molecule has 1 N–H and O–H groups in total. The van der Waals surface area contributed by atoms with Crippen molar-refractivity contribution >= 4 is 11.6 Å². The zero-order chi connectivity index (χ0) is 12.8. The van der Waals surface area contributed by atoms with Gasteiger partial charge in [-0.1, -0.05) is 6.58 Å². The molecule has 0 spiro atoms. The SMILES string of the molecule is C=CC(=O)Nc1ccc(OC)c(OC(F)F)c1. The number of halogens is 2. The first kappa shape index (κ1) is 13.0. The summed E-state index contributed by atoms with van der Waals surface area (Å²) in [6, 6.07) is 4.15. The summed E-state index contributed by atoms with van der Waals surface area (Å²) in [6.45, 7) is 0.310. The van der Waals surface area contributed by atoms with Gasteiger partial charge in [0.1, 0.15) is 0 Å². The van der Waals surface area contributed by atoms with Crippen molar-refractivity contribution in [1.29, 1.82) is 0 Å². The molecule has 17 heavy (non-hydrogen) atoms. The average molecular weight is 243 g/mol. The van der Waals surface area contributed by atoms with Gasteiger partial charge in [0.05, 0.1) is 7.11 Å². The number of anilines is 1. The fourth-order valence-electron chi connectivity index (χ4n) is 1.14. The van der Waals surface area contributed by atoms with Crippen molar-refractivity contribution < 1.29 is 23.0 Å². The summed E-state index contributed by atoms with van der Waals surface area (Å²) in [6.07, 6.45) is 1.07. The van der Waals surface area contributed by atoms with Crippen LogP contribution in [0.25, 0.3) is 0 Å². The van der Waals surface area contributed by atoms with Gasteiger partial charge in [-0.05, 0) is 18.2 Å². The number of carbonyl (C=O) groups excluding carboxylic acids is 1. The minimum atomic E-state index is -2.96. The molecule has 0 saturated carbocycles. The van der Waals surface area contributed by atoms with E-state index in [4.69, 9.17) is 4.74 Å². The Kier molecular flexibility index (Phi) is 4.45. The van der Waals surface area contributed by atoms with Crippen LogP contribution >= 0.6 is 0 Å². The summed E-state index contributed by atoms with van der Waals surface area (Å²) in [4.78, 5) is 11.0. The molecule has 0 fully saturated rings. The Labute approximate surface area is 96.8 Å². The number of ether oxygens (including phenoxy) is 2. The number of amides is 1. The first-order valence-electron chi connectivity index (χ1n) is 4.63. The third-order valence-corrected chi connectivity index (χ3v) is 1.83. The maximum absolute atomic E-state index is 12.1. The Bertz CT molecular complexity index is 421. The number of hydrogen-bond acceptors (Lipinski definition) is 3. The van der Waals surface area contributed by atoms with Gasteiger partial charge < -0.3 is 14.8 Å². The van der Waals surface area contributed by atoms with E-state index < -0.39 is 12.5 Å². The van der Waals surface area contributed by atoms with E-state index in [0.717, 1.165) is 6.08 Å². The van der Waals surface area contributed by atoms with Crippen LogP contribution < -0.4 is 14.8 Å². The van der Waals surface area contributed by atoms with Crippen molar-refractivity contribution in [3.63, 3.8) is 0 Å². The largest absolute Gasteiger partial charge is 0.493 e. The third-order valence-electron chi connectivity index (χ3n) is 1.83. The van der Waals surface area contributed by atoms with Gasteiger partial charge >= 0.3 is 6.61 Å². The number of methoxy groups -OCH3 is 1. The van der Waals surface area contributed by atoms with Crippen molar-refractivity contribution in [3.05, 3.63) is 30.9 Å². The number of nitrogens with one attached hydrogen (secondary N) is 1. The second-order valence-corrected chi connectivity index (χ2v) is 2.94. The highest BCUT2D eigenvalue weighted by Gasteiger charge is 2.11. The molecular weight excluding hydrogens is 232 g/mol. The van der Waals surface area contributed by atoms with Crippen LogP contribution in [-0.4, -0.2) is 19.6 Å². The highest BCUT2D eigenvalue weighted by Crippen LogP contribution is 2.31. The first-order valence-corrected chi connectivity index (χ1v) is 4.63.